The van der Waals surface area contributed by atoms with Crippen molar-refractivity contribution in [3.05, 3.63) is 22.7 Å². The Balaban J connectivity index is 2.22. The van der Waals surface area contributed by atoms with Gasteiger partial charge in [0.2, 0.25) is 0 Å². The van der Waals surface area contributed by atoms with E-state index >= 15 is 0 Å². The largest absolute Gasteiger partial charge is 0.398 e. The van der Waals surface area contributed by atoms with Crippen LogP contribution < -0.4 is 5.73 Å². The van der Waals surface area contributed by atoms with E-state index in [-0.39, 0.29) is 0 Å². The van der Waals surface area contributed by atoms with Gasteiger partial charge in [0.15, 0.2) is 5.82 Å². The number of nitrogens with two attached hydrogens (primary N) is 1. The van der Waals surface area contributed by atoms with E-state index in [4.69, 9.17) is 10.5 Å². The van der Waals surface area contributed by atoms with Crippen LogP contribution in [-0.4, -0.2) is 33.4 Å². The summed E-state index contributed by atoms with van der Waals surface area (Å²) >= 11 is 3.36. The first-order chi connectivity index (χ1) is 8.72. The van der Waals surface area contributed by atoms with Crippen molar-refractivity contribution in [3.63, 3.8) is 0 Å². The molecule has 18 heavy (non-hydrogen) atoms. The highest BCUT2D eigenvalue weighted by Crippen LogP contribution is 2.25. The highest BCUT2D eigenvalue weighted by atomic mass is 79.9. The summed E-state index contributed by atoms with van der Waals surface area (Å²) in [5.41, 5.74) is 7.39. The molecule has 0 fully saturated rings. The average Bonchev–Trinajstić information content (AvgIpc) is 2.81. The third kappa shape index (κ3) is 2.85. The van der Waals surface area contributed by atoms with Gasteiger partial charge in [0.1, 0.15) is 0 Å². The number of anilines is 1. The van der Waals surface area contributed by atoms with Crippen LogP contribution in [-0.2, 0) is 11.3 Å². The molecule has 0 spiro atoms. The number of halogens is 1. The van der Waals surface area contributed by atoms with Crippen LogP contribution in [0, 0.1) is 0 Å². The summed E-state index contributed by atoms with van der Waals surface area (Å²) in [5, 5.41) is 11.6. The predicted molar refractivity (Wildman–Crippen MR) is 71.9 cm³/mol. The SMILES string of the molecule is CCOCCn1nnnc1-c1ccc(Br)c(N)c1. The number of nitrogens with zero attached hydrogens (tertiary/aromatic N) is 4. The summed E-state index contributed by atoms with van der Waals surface area (Å²) in [7, 11) is 0. The number of ether oxygens (including phenoxy) is 1. The van der Waals surface area contributed by atoms with E-state index in [1.54, 1.807) is 4.68 Å². The van der Waals surface area contributed by atoms with Crippen LogP contribution in [0.4, 0.5) is 5.69 Å². The van der Waals surface area contributed by atoms with E-state index in [2.05, 4.69) is 31.5 Å². The van der Waals surface area contributed by atoms with Gasteiger partial charge in [0, 0.05) is 22.3 Å². The monoisotopic (exact) mass is 311 g/mol. The molecule has 0 amide bonds. The van der Waals surface area contributed by atoms with E-state index in [1.807, 2.05) is 25.1 Å². The van der Waals surface area contributed by atoms with E-state index in [0.717, 1.165) is 10.0 Å². The zero-order chi connectivity index (χ0) is 13.0. The lowest BCUT2D eigenvalue weighted by molar-refractivity contribution is 0.136. The van der Waals surface area contributed by atoms with Crippen LogP contribution in [0.2, 0.25) is 0 Å². The second-order valence-corrected chi connectivity index (χ2v) is 4.51. The van der Waals surface area contributed by atoms with Gasteiger partial charge in [-0.3, -0.25) is 0 Å². The highest BCUT2D eigenvalue weighted by Gasteiger charge is 2.09. The molecule has 0 bridgehead atoms. The number of tetrazole rings is 1. The second kappa shape index (κ2) is 5.92. The Morgan fingerprint density at radius 2 is 2.28 bits per heavy atom. The molecule has 7 heteroatoms. The second-order valence-electron chi connectivity index (χ2n) is 3.66. The maximum absolute atomic E-state index is 5.85. The van der Waals surface area contributed by atoms with E-state index in [0.29, 0.717) is 31.3 Å². The molecule has 2 aromatic rings. The molecule has 0 aliphatic carbocycles. The van der Waals surface area contributed by atoms with Crippen LogP contribution in [0.3, 0.4) is 0 Å². The summed E-state index contributed by atoms with van der Waals surface area (Å²) < 4.78 is 7.86. The van der Waals surface area contributed by atoms with Gasteiger partial charge in [-0.2, -0.15) is 0 Å². The quantitative estimate of drug-likeness (QED) is 0.672. The lowest BCUT2D eigenvalue weighted by Crippen LogP contribution is -2.09. The molecule has 0 aliphatic rings. The maximum Gasteiger partial charge on any atom is 0.182 e. The van der Waals surface area contributed by atoms with Crippen molar-refractivity contribution in [1.82, 2.24) is 20.2 Å². The Kier molecular flexibility index (Phi) is 4.27. The summed E-state index contributed by atoms with van der Waals surface area (Å²) in [6.45, 7) is 3.84. The standard InChI is InChI=1S/C11H14BrN5O/c1-2-18-6-5-17-11(14-15-16-17)8-3-4-9(12)10(13)7-8/h3-4,7H,2,5-6,13H2,1H3. The summed E-state index contributed by atoms with van der Waals surface area (Å²) in [6, 6.07) is 5.64. The van der Waals surface area contributed by atoms with Gasteiger partial charge < -0.3 is 10.5 Å². The zero-order valence-electron chi connectivity index (χ0n) is 10.0. The lowest BCUT2D eigenvalue weighted by atomic mass is 10.2. The van der Waals surface area contributed by atoms with Crippen molar-refractivity contribution in [3.8, 4) is 11.4 Å². The van der Waals surface area contributed by atoms with Gasteiger partial charge in [-0.25, -0.2) is 4.68 Å². The molecule has 1 heterocycles. The molecule has 2 N–H and O–H groups in total. The fourth-order valence-electron chi connectivity index (χ4n) is 1.54. The molecule has 1 aromatic carbocycles. The first-order valence-electron chi connectivity index (χ1n) is 5.61. The first-order valence-corrected chi connectivity index (χ1v) is 6.41. The van der Waals surface area contributed by atoms with Gasteiger partial charge >= 0.3 is 0 Å². The molecule has 0 saturated heterocycles. The van der Waals surface area contributed by atoms with Crippen molar-refractivity contribution in [2.24, 2.45) is 0 Å². The minimum Gasteiger partial charge on any atom is -0.398 e. The number of aromatic nitrogens is 4. The van der Waals surface area contributed by atoms with Crippen molar-refractivity contribution in [2.45, 2.75) is 13.5 Å². The Labute approximate surface area is 113 Å². The molecular formula is C11H14BrN5O. The van der Waals surface area contributed by atoms with Gasteiger partial charge in [0.05, 0.1) is 13.2 Å². The Bertz CT molecular complexity index is 528. The summed E-state index contributed by atoms with van der Waals surface area (Å²) in [6.07, 6.45) is 0. The minimum atomic E-state index is 0.584. The molecule has 0 atom stereocenters. The molecule has 0 aliphatic heterocycles. The Morgan fingerprint density at radius 1 is 1.44 bits per heavy atom. The van der Waals surface area contributed by atoms with E-state index < -0.39 is 0 Å². The van der Waals surface area contributed by atoms with Crippen LogP contribution in [0.25, 0.3) is 11.4 Å². The smallest absolute Gasteiger partial charge is 0.182 e. The van der Waals surface area contributed by atoms with Crippen molar-refractivity contribution in [2.75, 3.05) is 18.9 Å². The fourth-order valence-corrected chi connectivity index (χ4v) is 1.79. The number of benzene rings is 1. The molecule has 2 rings (SSSR count). The van der Waals surface area contributed by atoms with Crippen molar-refractivity contribution in [1.29, 1.82) is 0 Å². The van der Waals surface area contributed by atoms with Gasteiger partial charge in [-0.1, -0.05) is 0 Å². The Hall–Kier alpha value is -1.47. The van der Waals surface area contributed by atoms with Crippen LogP contribution >= 0.6 is 15.9 Å². The van der Waals surface area contributed by atoms with E-state index in [1.165, 1.54) is 0 Å². The summed E-state index contributed by atoms with van der Waals surface area (Å²) in [4.78, 5) is 0. The maximum atomic E-state index is 5.85. The lowest BCUT2D eigenvalue weighted by Gasteiger charge is -2.06. The molecule has 0 radical (unpaired) electrons. The molecule has 1 aromatic heterocycles. The van der Waals surface area contributed by atoms with Gasteiger partial charge in [-0.15, -0.1) is 5.10 Å². The minimum absolute atomic E-state index is 0.584. The number of hydrogen-bond donors (Lipinski definition) is 1. The number of rotatable bonds is 5. The van der Waals surface area contributed by atoms with Gasteiger partial charge in [-0.05, 0) is 51.5 Å². The topological polar surface area (TPSA) is 78.8 Å². The third-order valence-corrected chi connectivity index (χ3v) is 3.16. The number of hydrogen-bond acceptors (Lipinski definition) is 5. The molecule has 0 saturated carbocycles. The molecule has 0 unspecified atom stereocenters. The third-order valence-electron chi connectivity index (χ3n) is 2.44. The normalized spacial score (nSPS) is 10.8. The van der Waals surface area contributed by atoms with Crippen LogP contribution in [0.1, 0.15) is 6.92 Å². The van der Waals surface area contributed by atoms with Crippen LogP contribution in [0.5, 0.6) is 0 Å². The predicted octanol–water partition coefficient (Wildman–Crippen LogP) is 1.72. The van der Waals surface area contributed by atoms with Crippen molar-refractivity contribution >= 4 is 21.6 Å². The average molecular weight is 312 g/mol. The highest BCUT2D eigenvalue weighted by molar-refractivity contribution is 9.10. The number of nitrogen functional groups attached to an aromatic ring is 1. The molecular weight excluding hydrogens is 298 g/mol. The van der Waals surface area contributed by atoms with Crippen molar-refractivity contribution < 1.29 is 4.74 Å². The fraction of sp³-hybridized carbons (Fsp3) is 0.364. The van der Waals surface area contributed by atoms with E-state index in [9.17, 15) is 0 Å². The Morgan fingerprint density at radius 3 is 3.00 bits per heavy atom. The molecule has 6 nitrogen and oxygen atoms in total. The molecule has 96 valence electrons. The van der Waals surface area contributed by atoms with Gasteiger partial charge in [0.25, 0.3) is 0 Å². The summed E-state index contributed by atoms with van der Waals surface area (Å²) in [5.74, 6) is 0.689. The first kappa shape index (κ1) is 13.0. The van der Waals surface area contributed by atoms with Crippen LogP contribution in [0.15, 0.2) is 22.7 Å². The zero-order valence-corrected chi connectivity index (χ0v) is 11.6.